The van der Waals surface area contributed by atoms with E-state index < -0.39 is 11.8 Å². The maximum atomic E-state index is 11.7. The van der Waals surface area contributed by atoms with Gasteiger partial charge in [0, 0.05) is 20.2 Å². The molecule has 7 heteroatoms. The zero-order chi connectivity index (χ0) is 14.1. The minimum absolute atomic E-state index is 0.0103. The number of carbonyl (C=O) groups is 2. The molecular weight excluding hydrogens is 252 g/mol. The van der Waals surface area contributed by atoms with E-state index in [2.05, 4.69) is 5.32 Å². The molecule has 1 aromatic rings. The van der Waals surface area contributed by atoms with Crippen LogP contribution in [0.4, 0.5) is 0 Å². The Labute approximate surface area is 111 Å². The average Bonchev–Trinajstić information content (AvgIpc) is 2.90. The van der Waals surface area contributed by atoms with Crippen LogP contribution in [0.5, 0.6) is 0 Å². The fraction of sp³-hybridized carbons (Fsp3) is 0.500. The molecule has 0 aliphatic heterocycles. The number of hydrogen-bond donors (Lipinski definition) is 2. The summed E-state index contributed by atoms with van der Waals surface area (Å²) in [5.74, 6) is -0.949. The predicted octanol–water partition coefficient (Wildman–Crippen LogP) is -0.523. The van der Waals surface area contributed by atoms with E-state index >= 15 is 0 Å². The number of ether oxygens (including phenoxy) is 1. The molecule has 0 aromatic carbocycles. The number of amides is 2. The summed E-state index contributed by atoms with van der Waals surface area (Å²) in [6.45, 7) is 1.23. The molecule has 19 heavy (non-hydrogen) atoms. The first kappa shape index (κ1) is 15.4. The molecule has 0 spiro atoms. The number of aliphatic hydroxyl groups excluding tert-OH is 1. The van der Waals surface area contributed by atoms with Crippen molar-refractivity contribution in [3.63, 3.8) is 0 Å². The van der Waals surface area contributed by atoms with Crippen molar-refractivity contribution < 1.29 is 23.8 Å². The van der Waals surface area contributed by atoms with Crippen LogP contribution in [0, 0.1) is 0 Å². The molecule has 0 radical (unpaired) electrons. The Morgan fingerprint density at radius 1 is 1.47 bits per heavy atom. The Morgan fingerprint density at radius 2 is 2.26 bits per heavy atom. The van der Waals surface area contributed by atoms with E-state index in [4.69, 9.17) is 14.3 Å². The third-order valence-electron chi connectivity index (χ3n) is 2.39. The molecule has 1 heterocycles. The van der Waals surface area contributed by atoms with Crippen molar-refractivity contribution >= 4 is 11.8 Å². The second-order valence-corrected chi connectivity index (χ2v) is 3.85. The van der Waals surface area contributed by atoms with Gasteiger partial charge in [0.2, 0.25) is 5.91 Å². The number of hydrogen-bond acceptors (Lipinski definition) is 6. The van der Waals surface area contributed by atoms with Crippen molar-refractivity contribution in [1.29, 1.82) is 0 Å². The van der Waals surface area contributed by atoms with Crippen molar-refractivity contribution in [2.75, 3.05) is 40.0 Å². The molecular formula is C12H18N2O5. The van der Waals surface area contributed by atoms with Crippen LogP contribution < -0.4 is 5.32 Å². The maximum Gasteiger partial charge on any atom is 0.293 e. The van der Waals surface area contributed by atoms with Crippen molar-refractivity contribution in [3.8, 4) is 0 Å². The lowest BCUT2D eigenvalue weighted by molar-refractivity contribution is -0.121. The lowest BCUT2D eigenvalue weighted by Crippen LogP contribution is -2.42. The largest absolute Gasteiger partial charge is 0.459 e. The summed E-state index contributed by atoms with van der Waals surface area (Å²) < 4.78 is 9.78. The number of methoxy groups -OCH3 is 1. The minimum Gasteiger partial charge on any atom is -0.459 e. The summed E-state index contributed by atoms with van der Waals surface area (Å²) in [5.41, 5.74) is 0. The molecule has 0 aliphatic rings. The molecule has 1 rings (SSSR count). The van der Waals surface area contributed by atoms with Crippen LogP contribution >= 0.6 is 0 Å². The van der Waals surface area contributed by atoms with Crippen LogP contribution in [0.2, 0.25) is 0 Å². The summed E-state index contributed by atoms with van der Waals surface area (Å²) in [7, 11) is 1.55. The quantitative estimate of drug-likeness (QED) is 0.660. The van der Waals surface area contributed by atoms with Crippen LogP contribution in [0.25, 0.3) is 0 Å². The Bertz CT molecular complexity index is 391. The molecule has 106 valence electrons. The van der Waals surface area contributed by atoms with Gasteiger partial charge in [-0.15, -0.1) is 0 Å². The summed E-state index contributed by atoms with van der Waals surface area (Å²) in [5, 5.41) is 11.1. The van der Waals surface area contributed by atoms with Gasteiger partial charge in [-0.2, -0.15) is 0 Å². The molecule has 0 bridgehead atoms. The van der Waals surface area contributed by atoms with Crippen molar-refractivity contribution in [2.24, 2.45) is 0 Å². The predicted molar refractivity (Wildman–Crippen MR) is 66.6 cm³/mol. The van der Waals surface area contributed by atoms with Gasteiger partial charge in [0.05, 0.1) is 26.0 Å². The van der Waals surface area contributed by atoms with Gasteiger partial charge in [0.1, 0.15) is 0 Å². The molecule has 0 unspecified atom stereocenters. The molecule has 0 saturated heterocycles. The number of aliphatic hydroxyl groups is 1. The molecule has 0 fully saturated rings. The van der Waals surface area contributed by atoms with Gasteiger partial charge in [-0.3, -0.25) is 19.8 Å². The number of rotatable bonds is 8. The summed E-state index contributed by atoms with van der Waals surface area (Å²) in [4.78, 5) is 24.9. The highest BCUT2D eigenvalue weighted by atomic mass is 16.5. The lowest BCUT2D eigenvalue weighted by atomic mass is 10.4. The molecule has 0 atom stereocenters. The highest BCUT2D eigenvalue weighted by Crippen LogP contribution is 1.99. The third kappa shape index (κ3) is 5.64. The van der Waals surface area contributed by atoms with Crippen LogP contribution in [0.3, 0.4) is 0 Å². The van der Waals surface area contributed by atoms with Crippen LogP contribution in [0.1, 0.15) is 10.6 Å². The SMILES string of the molecule is COCCN(CCO)CC(=O)NC(=O)c1ccco1. The third-order valence-corrected chi connectivity index (χ3v) is 2.39. The van der Waals surface area contributed by atoms with Gasteiger partial charge in [0.25, 0.3) is 5.91 Å². The Hall–Kier alpha value is -1.70. The van der Waals surface area contributed by atoms with E-state index in [9.17, 15) is 9.59 Å². The first-order valence-electron chi connectivity index (χ1n) is 5.87. The summed E-state index contributed by atoms with van der Waals surface area (Å²) in [6.07, 6.45) is 1.36. The van der Waals surface area contributed by atoms with E-state index in [-0.39, 0.29) is 18.9 Å². The van der Waals surface area contributed by atoms with Gasteiger partial charge in [-0.05, 0) is 12.1 Å². The highest BCUT2D eigenvalue weighted by molar-refractivity contribution is 6.03. The van der Waals surface area contributed by atoms with Crippen LogP contribution in [-0.2, 0) is 9.53 Å². The van der Waals surface area contributed by atoms with Crippen molar-refractivity contribution in [3.05, 3.63) is 24.2 Å². The number of furan rings is 1. The molecule has 0 saturated carbocycles. The van der Waals surface area contributed by atoms with Crippen molar-refractivity contribution in [1.82, 2.24) is 10.2 Å². The van der Waals surface area contributed by atoms with E-state index in [1.165, 1.54) is 12.3 Å². The zero-order valence-electron chi connectivity index (χ0n) is 10.8. The first-order valence-corrected chi connectivity index (χ1v) is 5.87. The van der Waals surface area contributed by atoms with Gasteiger partial charge < -0.3 is 14.3 Å². The average molecular weight is 270 g/mol. The zero-order valence-corrected chi connectivity index (χ0v) is 10.8. The smallest absolute Gasteiger partial charge is 0.293 e. The molecule has 0 aliphatic carbocycles. The maximum absolute atomic E-state index is 11.7. The fourth-order valence-electron chi connectivity index (χ4n) is 1.47. The second kappa shape index (κ2) is 8.41. The Kier molecular flexibility index (Phi) is 6.80. The topological polar surface area (TPSA) is 92.0 Å². The monoisotopic (exact) mass is 270 g/mol. The summed E-state index contributed by atoms with van der Waals surface area (Å²) in [6, 6.07) is 3.04. The van der Waals surface area contributed by atoms with E-state index in [1.54, 1.807) is 18.1 Å². The molecule has 7 nitrogen and oxygen atoms in total. The lowest BCUT2D eigenvalue weighted by Gasteiger charge is -2.19. The van der Waals surface area contributed by atoms with Gasteiger partial charge in [0.15, 0.2) is 5.76 Å². The summed E-state index contributed by atoms with van der Waals surface area (Å²) >= 11 is 0. The van der Waals surface area contributed by atoms with E-state index in [0.29, 0.717) is 19.7 Å². The molecule has 1 aromatic heterocycles. The number of imide groups is 1. The van der Waals surface area contributed by atoms with Gasteiger partial charge in [-0.1, -0.05) is 0 Å². The van der Waals surface area contributed by atoms with Crippen LogP contribution in [0.15, 0.2) is 22.8 Å². The Morgan fingerprint density at radius 3 is 2.84 bits per heavy atom. The van der Waals surface area contributed by atoms with Crippen LogP contribution in [-0.4, -0.2) is 61.8 Å². The van der Waals surface area contributed by atoms with Crippen molar-refractivity contribution in [2.45, 2.75) is 0 Å². The first-order chi connectivity index (χ1) is 9.17. The highest BCUT2D eigenvalue weighted by Gasteiger charge is 2.15. The minimum atomic E-state index is -0.578. The van der Waals surface area contributed by atoms with E-state index in [1.807, 2.05) is 0 Å². The normalized spacial score (nSPS) is 10.7. The van der Waals surface area contributed by atoms with Gasteiger partial charge in [-0.25, -0.2) is 0 Å². The molecule has 2 amide bonds. The number of nitrogens with zero attached hydrogens (tertiary/aromatic N) is 1. The number of carbonyl (C=O) groups excluding carboxylic acids is 2. The molecule has 2 N–H and O–H groups in total. The fourth-order valence-corrected chi connectivity index (χ4v) is 1.47. The second-order valence-electron chi connectivity index (χ2n) is 3.85. The standard InChI is InChI=1S/C12H18N2O5/c1-18-8-5-14(4-6-15)9-11(16)13-12(17)10-3-2-7-19-10/h2-3,7,15H,4-6,8-9H2,1H3,(H,13,16,17). The van der Waals surface area contributed by atoms with Gasteiger partial charge >= 0.3 is 0 Å². The Balaban J connectivity index is 2.41. The number of nitrogens with one attached hydrogen (secondary N) is 1. The van der Waals surface area contributed by atoms with E-state index in [0.717, 1.165) is 0 Å².